The van der Waals surface area contributed by atoms with Crippen molar-refractivity contribution in [2.24, 2.45) is 0 Å². The molecule has 0 atom stereocenters. The topological polar surface area (TPSA) is 151 Å². The minimum Gasteiger partial charge on any atom is -0.460 e. The summed E-state index contributed by atoms with van der Waals surface area (Å²) in [6.45, 7) is -0.968. The molecule has 0 amide bonds. The molecule has 0 aliphatic heterocycles. The van der Waals surface area contributed by atoms with Crippen molar-refractivity contribution in [2.45, 2.75) is 0 Å². The van der Waals surface area contributed by atoms with Gasteiger partial charge in [-0.25, -0.2) is 9.59 Å². The molecular formula is C32H26N2O8. The number of nitrogens with one attached hydrogen (secondary N) is 2. The van der Waals surface area contributed by atoms with Gasteiger partial charge in [-0.15, -0.1) is 0 Å². The van der Waals surface area contributed by atoms with Crippen LogP contribution in [0.25, 0.3) is 0 Å². The summed E-state index contributed by atoms with van der Waals surface area (Å²) in [6.07, 6.45) is 0. The van der Waals surface area contributed by atoms with E-state index in [1.807, 2.05) is 0 Å². The molecule has 4 N–H and O–H groups in total. The summed E-state index contributed by atoms with van der Waals surface area (Å²) in [5.41, 5.74) is 2.41. The van der Waals surface area contributed by atoms with Crippen molar-refractivity contribution >= 4 is 46.3 Å². The molecule has 4 aromatic rings. The summed E-state index contributed by atoms with van der Waals surface area (Å²) >= 11 is 0. The van der Waals surface area contributed by atoms with Crippen LogP contribution in [0.2, 0.25) is 0 Å². The number of carbonyl (C=O) groups excluding carboxylic acids is 4. The highest BCUT2D eigenvalue weighted by Gasteiger charge is 2.34. The minimum absolute atomic E-state index is 0.152. The third kappa shape index (κ3) is 5.49. The van der Waals surface area contributed by atoms with Crippen molar-refractivity contribution in [3.8, 4) is 0 Å². The first-order chi connectivity index (χ1) is 20.4. The Morgan fingerprint density at radius 3 is 1.33 bits per heavy atom. The first-order valence-electron chi connectivity index (χ1n) is 13.1. The van der Waals surface area contributed by atoms with Gasteiger partial charge in [0.1, 0.15) is 13.2 Å². The lowest BCUT2D eigenvalue weighted by atomic mass is 9.82. The van der Waals surface area contributed by atoms with Gasteiger partial charge in [0.15, 0.2) is 11.6 Å². The third-order valence-electron chi connectivity index (χ3n) is 6.55. The van der Waals surface area contributed by atoms with Crippen molar-refractivity contribution < 1.29 is 38.9 Å². The highest BCUT2D eigenvalue weighted by molar-refractivity contribution is 6.32. The van der Waals surface area contributed by atoms with Gasteiger partial charge in [0.2, 0.25) is 0 Å². The summed E-state index contributed by atoms with van der Waals surface area (Å²) in [7, 11) is 0. The first kappa shape index (κ1) is 28.2. The Kier molecular flexibility index (Phi) is 8.37. The van der Waals surface area contributed by atoms with Crippen LogP contribution in [0, 0.1) is 0 Å². The predicted octanol–water partition coefficient (Wildman–Crippen LogP) is 4.25. The Bertz CT molecular complexity index is 1570. The average molecular weight is 567 g/mol. The SMILES string of the molecule is O=C(OCCO)c1ccccc1Nc1cccc2c1C(=O)c1cccc(Nc3ccccc3C(=O)OCCO)c1C2=O. The fourth-order valence-electron chi connectivity index (χ4n) is 4.71. The molecule has 0 saturated heterocycles. The normalized spacial score (nSPS) is 11.8. The number of rotatable bonds is 10. The number of hydrogen-bond donors (Lipinski definition) is 4. The van der Waals surface area contributed by atoms with Gasteiger partial charge in [-0.3, -0.25) is 9.59 Å². The molecular weight excluding hydrogens is 540 g/mol. The molecule has 4 aromatic carbocycles. The molecule has 212 valence electrons. The lowest BCUT2D eigenvalue weighted by molar-refractivity contribution is 0.0428. The summed E-state index contributed by atoms with van der Waals surface area (Å²) in [5.74, 6) is -2.11. The maximum atomic E-state index is 13.9. The summed E-state index contributed by atoms with van der Waals surface area (Å²) in [5, 5.41) is 24.2. The van der Waals surface area contributed by atoms with E-state index < -0.39 is 23.5 Å². The number of anilines is 4. The van der Waals surface area contributed by atoms with Gasteiger partial charge in [-0.2, -0.15) is 0 Å². The number of aliphatic hydroxyl groups excluding tert-OH is 2. The van der Waals surface area contributed by atoms with E-state index in [1.54, 1.807) is 84.9 Å². The van der Waals surface area contributed by atoms with Crippen LogP contribution < -0.4 is 10.6 Å². The maximum absolute atomic E-state index is 13.9. The van der Waals surface area contributed by atoms with Crippen molar-refractivity contribution in [1.29, 1.82) is 0 Å². The number of carbonyl (C=O) groups is 4. The minimum atomic E-state index is -0.652. The molecule has 0 radical (unpaired) electrons. The van der Waals surface area contributed by atoms with E-state index in [2.05, 4.69) is 10.6 Å². The number of para-hydroxylation sites is 2. The quantitative estimate of drug-likeness (QED) is 0.181. The van der Waals surface area contributed by atoms with E-state index in [4.69, 9.17) is 19.7 Å². The number of esters is 2. The van der Waals surface area contributed by atoms with Crippen LogP contribution in [-0.2, 0) is 9.47 Å². The monoisotopic (exact) mass is 566 g/mol. The van der Waals surface area contributed by atoms with Crippen molar-refractivity contribution in [3.63, 3.8) is 0 Å². The largest absolute Gasteiger partial charge is 0.460 e. The predicted molar refractivity (Wildman–Crippen MR) is 154 cm³/mol. The van der Waals surface area contributed by atoms with Crippen molar-refractivity contribution in [2.75, 3.05) is 37.1 Å². The first-order valence-corrected chi connectivity index (χ1v) is 13.1. The standard InChI is InChI=1S/C32H26N2O8/c35-15-17-41-31(39)19-7-1-3-11-23(19)33-25-13-5-9-21-27(25)29(37)22-10-6-14-26(28(22)30(21)38)34-24-12-4-2-8-20(24)32(40)42-18-16-36/h1-14,33-36H,15-18H2. The second kappa shape index (κ2) is 12.5. The van der Waals surface area contributed by atoms with Crippen LogP contribution >= 0.6 is 0 Å². The van der Waals surface area contributed by atoms with Crippen LogP contribution in [0.4, 0.5) is 22.7 Å². The van der Waals surface area contributed by atoms with E-state index in [0.29, 0.717) is 22.7 Å². The van der Waals surface area contributed by atoms with Crippen molar-refractivity contribution in [1.82, 2.24) is 0 Å². The van der Waals surface area contributed by atoms with Gasteiger partial charge < -0.3 is 30.3 Å². The lowest BCUT2D eigenvalue weighted by Crippen LogP contribution is -2.23. The van der Waals surface area contributed by atoms with E-state index in [1.165, 1.54) is 0 Å². The molecule has 0 aromatic heterocycles. The second-order valence-corrected chi connectivity index (χ2v) is 9.17. The molecule has 5 rings (SSSR count). The van der Waals surface area contributed by atoms with Gasteiger partial charge in [0.05, 0.1) is 58.2 Å². The van der Waals surface area contributed by atoms with Gasteiger partial charge in [0, 0.05) is 11.1 Å². The van der Waals surface area contributed by atoms with Crippen LogP contribution in [0.3, 0.4) is 0 Å². The van der Waals surface area contributed by atoms with Gasteiger partial charge >= 0.3 is 11.9 Å². The molecule has 1 aliphatic carbocycles. The molecule has 0 heterocycles. The highest BCUT2D eigenvalue weighted by Crippen LogP contribution is 2.38. The van der Waals surface area contributed by atoms with Crippen molar-refractivity contribution in [3.05, 3.63) is 118 Å². The summed E-state index contributed by atoms with van der Waals surface area (Å²) in [6, 6.07) is 22.8. The molecule has 10 nitrogen and oxygen atoms in total. The molecule has 0 bridgehead atoms. The zero-order valence-electron chi connectivity index (χ0n) is 22.3. The molecule has 42 heavy (non-hydrogen) atoms. The Labute approximate surface area is 240 Å². The zero-order valence-corrected chi connectivity index (χ0v) is 22.3. The Morgan fingerprint density at radius 1 is 0.548 bits per heavy atom. The lowest BCUT2D eigenvalue weighted by Gasteiger charge is -2.24. The molecule has 0 spiro atoms. The molecule has 0 fully saturated rings. The van der Waals surface area contributed by atoms with E-state index in [0.717, 1.165) is 0 Å². The zero-order chi connectivity index (χ0) is 29.6. The number of hydrogen-bond acceptors (Lipinski definition) is 10. The Balaban J connectivity index is 1.51. The van der Waals surface area contributed by atoms with Gasteiger partial charge in [-0.1, -0.05) is 48.5 Å². The van der Waals surface area contributed by atoms with E-state index in [-0.39, 0.29) is 59.8 Å². The molecule has 0 unspecified atom stereocenters. The van der Waals surface area contributed by atoms with E-state index in [9.17, 15) is 19.2 Å². The Hall–Kier alpha value is -5.32. The number of ether oxygens (including phenoxy) is 2. The second-order valence-electron chi connectivity index (χ2n) is 9.17. The summed E-state index contributed by atoms with van der Waals surface area (Å²) in [4.78, 5) is 52.9. The fourth-order valence-corrected chi connectivity index (χ4v) is 4.71. The van der Waals surface area contributed by atoms with E-state index >= 15 is 0 Å². The number of benzene rings is 4. The van der Waals surface area contributed by atoms with Gasteiger partial charge in [-0.05, 0) is 36.4 Å². The number of ketones is 2. The summed E-state index contributed by atoms with van der Waals surface area (Å²) < 4.78 is 10.1. The van der Waals surface area contributed by atoms with Crippen LogP contribution in [0.1, 0.15) is 52.6 Å². The van der Waals surface area contributed by atoms with Crippen LogP contribution in [0.15, 0.2) is 84.9 Å². The fraction of sp³-hybridized carbons (Fsp3) is 0.125. The number of aliphatic hydroxyl groups is 2. The number of fused-ring (bicyclic) bond motifs is 2. The molecule has 1 aliphatic rings. The highest BCUT2D eigenvalue weighted by atomic mass is 16.5. The van der Waals surface area contributed by atoms with Gasteiger partial charge in [0.25, 0.3) is 0 Å². The smallest absolute Gasteiger partial charge is 0.340 e. The maximum Gasteiger partial charge on any atom is 0.340 e. The van der Waals surface area contributed by atoms with Crippen LogP contribution in [0.5, 0.6) is 0 Å². The molecule has 10 heteroatoms. The molecule has 0 saturated carbocycles. The average Bonchev–Trinajstić information content (AvgIpc) is 3.01. The van der Waals surface area contributed by atoms with Crippen LogP contribution in [-0.4, -0.2) is 60.1 Å². The third-order valence-corrected chi connectivity index (χ3v) is 6.55. The Morgan fingerprint density at radius 2 is 0.929 bits per heavy atom.